The molecule has 4 heteroatoms. The third-order valence-corrected chi connectivity index (χ3v) is 3.50. The Hall–Kier alpha value is -2.13. The van der Waals surface area contributed by atoms with Gasteiger partial charge < -0.3 is 0 Å². The minimum absolute atomic E-state index is 0.338. The SMILES string of the molecule is Cc1ccc2c(c1-c1ccc(Cl)cc1)C(=O)NC2=O. The second-order valence-electron chi connectivity index (χ2n) is 4.47. The molecule has 2 amide bonds. The summed E-state index contributed by atoms with van der Waals surface area (Å²) < 4.78 is 0. The molecule has 3 rings (SSSR count). The average molecular weight is 272 g/mol. The van der Waals surface area contributed by atoms with Gasteiger partial charge in [0, 0.05) is 5.02 Å². The molecule has 1 heterocycles. The van der Waals surface area contributed by atoms with E-state index in [1.165, 1.54) is 0 Å². The number of carbonyl (C=O) groups excluding carboxylic acids is 2. The molecule has 0 atom stereocenters. The number of rotatable bonds is 1. The van der Waals surface area contributed by atoms with Crippen LogP contribution in [0.1, 0.15) is 26.3 Å². The number of benzene rings is 2. The van der Waals surface area contributed by atoms with Gasteiger partial charge in [0.15, 0.2) is 0 Å². The van der Waals surface area contributed by atoms with Crippen LogP contribution in [0.3, 0.4) is 0 Å². The zero-order chi connectivity index (χ0) is 13.6. The van der Waals surface area contributed by atoms with Crippen LogP contribution in [0, 0.1) is 6.92 Å². The molecule has 1 aliphatic rings. The summed E-state index contributed by atoms with van der Waals surface area (Å²) in [4.78, 5) is 23.6. The van der Waals surface area contributed by atoms with E-state index >= 15 is 0 Å². The molecule has 0 saturated heterocycles. The molecule has 0 aliphatic carbocycles. The molecule has 0 spiro atoms. The lowest BCUT2D eigenvalue weighted by molar-refractivity contribution is 0.0880. The fourth-order valence-corrected chi connectivity index (χ4v) is 2.48. The van der Waals surface area contributed by atoms with Crippen LogP contribution in [-0.4, -0.2) is 11.8 Å². The number of fused-ring (bicyclic) bond motifs is 1. The number of hydrogen-bond acceptors (Lipinski definition) is 2. The Morgan fingerprint density at radius 3 is 2.26 bits per heavy atom. The highest BCUT2D eigenvalue weighted by atomic mass is 35.5. The molecule has 0 aromatic heterocycles. The van der Waals surface area contributed by atoms with Gasteiger partial charge in [0.1, 0.15) is 0 Å². The largest absolute Gasteiger partial charge is 0.288 e. The zero-order valence-corrected chi connectivity index (χ0v) is 10.9. The monoisotopic (exact) mass is 271 g/mol. The highest BCUT2D eigenvalue weighted by Crippen LogP contribution is 2.32. The molecule has 0 bridgehead atoms. The van der Waals surface area contributed by atoms with E-state index in [0.29, 0.717) is 16.1 Å². The molecule has 1 N–H and O–H groups in total. The van der Waals surface area contributed by atoms with Crippen molar-refractivity contribution in [2.45, 2.75) is 6.92 Å². The molecule has 2 aromatic carbocycles. The lowest BCUT2D eigenvalue weighted by atomic mass is 9.92. The van der Waals surface area contributed by atoms with Crippen LogP contribution in [-0.2, 0) is 0 Å². The van der Waals surface area contributed by atoms with Gasteiger partial charge in [-0.3, -0.25) is 14.9 Å². The molecule has 0 radical (unpaired) electrons. The van der Waals surface area contributed by atoms with Crippen molar-refractivity contribution in [3.8, 4) is 11.1 Å². The Bertz CT molecular complexity index is 705. The quantitative estimate of drug-likeness (QED) is 0.810. The van der Waals surface area contributed by atoms with E-state index in [-0.39, 0.29) is 11.8 Å². The van der Waals surface area contributed by atoms with Crippen molar-refractivity contribution in [3.63, 3.8) is 0 Å². The first kappa shape index (κ1) is 11.9. The number of amides is 2. The zero-order valence-electron chi connectivity index (χ0n) is 10.2. The summed E-state index contributed by atoms with van der Waals surface area (Å²) in [5.74, 6) is -0.677. The van der Waals surface area contributed by atoms with Crippen LogP contribution >= 0.6 is 11.6 Å². The van der Waals surface area contributed by atoms with Gasteiger partial charge >= 0.3 is 0 Å². The van der Waals surface area contributed by atoms with Crippen molar-refractivity contribution in [2.24, 2.45) is 0 Å². The lowest BCUT2D eigenvalue weighted by Crippen LogP contribution is -2.20. The third-order valence-electron chi connectivity index (χ3n) is 3.25. The van der Waals surface area contributed by atoms with Crippen molar-refractivity contribution < 1.29 is 9.59 Å². The predicted molar refractivity (Wildman–Crippen MR) is 73.4 cm³/mol. The Morgan fingerprint density at radius 1 is 0.895 bits per heavy atom. The van der Waals surface area contributed by atoms with Gasteiger partial charge in [-0.2, -0.15) is 0 Å². The molecule has 0 fully saturated rings. The van der Waals surface area contributed by atoms with Gasteiger partial charge in [0.25, 0.3) is 11.8 Å². The Labute approximate surface area is 115 Å². The van der Waals surface area contributed by atoms with E-state index in [2.05, 4.69) is 5.32 Å². The maximum Gasteiger partial charge on any atom is 0.259 e. The van der Waals surface area contributed by atoms with Crippen LogP contribution in [0.2, 0.25) is 5.02 Å². The summed E-state index contributed by atoms with van der Waals surface area (Å²) in [5.41, 5.74) is 3.50. The maximum atomic E-state index is 11.9. The van der Waals surface area contributed by atoms with Gasteiger partial charge in [-0.15, -0.1) is 0 Å². The van der Waals surface area contributed by atoms with Gasteiger partial charge in [-0.25, -0.2) is 0 Å². The summed E-state index contributed by atoms with van der Waals surface area (Å²) in [7, 11) is 0. The molecule has 94 valence electrons. The van der Waals surface area contributed by atoms with E-state index in [1.54, 1.807) is 18.2 Å². The average Bonchev–Trinajstić information content (AvgIpc) is 2.66. The first-order chi connectivity index (χ1) is 9.08. The summed E-state index contributed by atoms with van der Waals surface area (Å²) in [5, 5.41) is 2.96. The van der Waals surface area contributed by atoms with Crippen molar-refractivity contribution >= 4 is 23.4 Å². The van der Waals surface area contributed by atoms with Gasteiger partial charge in [0.05, 0.1) is 11.1 Å². The van der Waals surface area contributed by atoms with Gasteiger partial charge in [-0.05, 0) is 41.8 Å². The fourth-order valence-electron chi connectivity index (χ4n) is 2.35. The van der Waals surface area contributed by atoms with Crippen molar-refractivity contribution in [2.75, 3.05) is 0 Å². The first-order valence-electron chi connectivity index (χ1n) is 5.83. The Morgan fingerprint density at radius 2 is 1.58 bits per heavy atom. The first-order valence-corrected chi connectivity index (χ1v) is 6.21. The Kier molecular flexibility index (Phi) is 2.64. The van der Waals surface area contributed by atoms with E-state index in [4.69, 9.17) is 11.6 Å². The molecular formula is C15H10ClNO2. The molecule has 2 aromatic rings. The number of hydrogen-bond donors (Lipinski definition) is 1. The number of halogens is 1. The summed E-state index contributed by atoms with van der Waals surface area (Å²) in [6.45, 7) is 1.92. The molecule has 3 nitrogen and oxygen atoms in total. The molecule has 0 unspecified atom stereocenters. The van der Waals surface area contributed by atoms with Crippen LogP contribution in [0.15, 0.2) is 36.4 Å². The maximum absolute atomic E-state index is 11.9. The highest BCUT2D eigenvalue weighted by molar-refractivity contribution is 6.30. The molecule has 0 saturated carbocycles. The standard InChI is InChI=1S/C15H10ClNO2/c1-8-2-7-11-13(15(19)17-14(11)18)12(8)9-3-5-10(16)6-4-9/h2-7H,1H3,(H,17,18,19). The second kappa shape index (κ2) is 4.21. The molecule has 1 aliphatic heterocycles. The van der Waals surface area contributed by atoms with Crippen LogP contribution in [0.5, 0.6) is 0 Å². The summed E-state index contributed by atoms with van der Waals surface area (Å²) >= 11 is 5.87. The van der Waals surface area contributed by atoms with E-state index in [1.807, 2.05) is 25.1 Å². The number of aryl methyl sites for hydroxylation is 1. The summed E-state index contributed by atoms with van der Waals surface area (Å²) in [6.07, 6.45) is 0. The molecular weight excluding hydrogens is 262 g/mol. The number of carbonyl (C=O) groups is 2. The van der Waals surface area contributed by atoms with Gasteiger partial charge in [0.2, 0.25) is 0 Å². The van der Waals surface area contributed by atoms with Crippen molar-refractivity contribution in [1.82, 2.24) is 5.32 Å². The van der Waals surface area contributed by atoms with Crippen LogP contribution < -0.4 is 5.32 Å². The van der Waals surface area contributed by atoms with E-state index in [9.17, 15) is 9.59 Å². The topological polar surface area (TPSA) is 46.2 Å². The van der Waals surface area contributed by atoms with E-state index in [0.717, 1.165) is 16.7 Å². The van der Waals surface area contributed by atoms with Crippen LogP contribution in [0.25, 0.3) is 11.1 Å². The minimum Gasteiger partial charge on any atom is -0.288 e. The smallest absolute Gasteiger partial charge is 0.259 e. The van der Waals surface area contributed by atoms with Gasteiger partial charge in [-0.1, -0.05) is 29.8 Å². The fraction of sp³-hybridized carbons (Fsp3) is 0.0667. The third kappa shape index (κ3) is 1.83. The Balaban J connectivity index is 2.30. The minimum atomic E-state index is -0.339. The molecule has 19 heavy (non-hydrogen) atoms. The predicted octanol–water partition coefficient (Wildman–Crippen LogP) is 3.20. The number of nitrogens with one attached hydrogen (secondary N) is 1. The summed E-state index contributed by atoms with van der Waals surface area (Å²) in [6, 6.07) is 10.8. The van der Waals surface area contributed by atoms with Crippen molar-refractivity contribution in [3.05, 3.63) is 58.1 Å². The van der Waals surface area contributed by atoms with Crippen LogP contribution in [0.4, 0.5) is 0 Å². The normalized spacial score (nSPS) is 13.4. The lowest BCUT2D eigenvalue weighted by Gasteiger charge is -2.10. The van der Waals surface area contributed by atoms with Crippen molar-refractivity contribution in [1.29, 1.82) is 0 Å². The van der Waals surface area contributed by atoms with E-state index < -0.39 is 0 Å². The number of imide groups is 1. The highest BCUT2D eigenvalue weighted by Gasteiger charge is 2.30. The second-order valence-corrected chi connectivity index (χ2v) is 4.91.